The summed E-state index contributed by atoms with van der Waals surface area (Å²) in [6.07, 6.45) is 0.178. The average Bonchev–Trinajstić information content (AvgIpc) is 3.11. The van der Waals surface area contributed by atoms with Crippen LogP contribution in [0.3, 0.4) is 0 Å². The highest BCUT2D eigenvalue weighted by Crippen LogP contribution is 2.35. The molecule has 6 heteroatoms. The second-order valence-corrected chi connectivity index (χ2v) is 7.70. The Morgan fingerprint density at radius 1 is 1.30 bits per heavy atom. The first-order valence-corrected chi connectivity index (χ1v) is 8.02. The molecule has 1 unspecified atom stereocenters. The second-order valence-electron chi connectivity index (χ2n) is 7.27. The van der Waals surface area contributed by atoms with Gasteiger partial charge in [-0.1, -0.05) is 23.7 Å². The van der Waals surface area contributed by atoms with Crippen molar-refractivity contribution in [2.24, 2.45) is 0 Å². The molecular weight excluding hydrogens is 316 g/mol. The Bertz CT molecular complexity index is 606. The first kappa shape index (κ1) is 17.6. The summed E-state index contributed by atoms with van der Waals surface area (Å²) in [7, 11) is 0. The highest BCUT2D eigenvalue weighted by molar-refractivity contribution is 6.30. The Hall–Kier alpha value is -1.75. The van der Waals surface area contributed by atoms with Crippen molar-refractivity contribution in [2.75, 3.05) is 0 Å². The van der Waals surface area contributed by atoms with Gasteiger partial charge < -0.3 is 15.4 Å². The van der Waals surface area contributed by atoms with E-state index in [0.717, 1.165) is 12.8 Å². The van der Waals surface area contributed by atoms with Crippen molar-refractivity contribution in [3.05, 3.63) is 34.9 Å². The van der Waals surface area contributed by atoms with Gasteiger partial charge in [-0.3, -0.25) is 4.79 Å². The number of nitrogens with one attached hydrogen (secondary N) is 2. The van der Waals surface area contributed by atoms with Crippen LogP contribution in [0, 0.1) is 0 Å². The van der Waals surface area contributed by atoms with Crippen LogP contribution in [-0.2, 0) is 9.53 Å². The van der Waals surface area contributed by atoms with E-state index in [4.69, 9.17) is 16.3 Å². The predicted octanol–water partition coefficient (Wildman–Crippen LogP) is 3.57. The molecule has 2 N–H and O–H groups in total. The minimum absolute atomic E-state index is 0.197. The Kier molecular flexibility index (Phi) is 4.90. The zero-order valence-electron chi connectivity index (χ0n) is 13.9. The number of carbonyl (C=O) groups is 2. The summed E-state index contributed by atoms with van der Waals surface area (Å²) in [6, 6.07) is 6.78. The molecule has 1 fully saturated rings. The number of alkyl carbamates (subject to hydrolysis) is 1. The minimum atomic E-state index is -1.03. The maximum Gasteiger partial charge on any atom is 0.408 e. The van der Waals surface area contributed by atoms with Gasteiger partial charge in [0.15, 0.2) is 0 Å². The molecule has 0 bridgehead atoms. The van der Waals surface area contributed by atoms with E-state index in [0.29, 0.717) is 10.6 Å². The van der Waals surface area contributed by atoms with Crippen molar-refractivity contribution in [3.63, 3.8) is 0 Å². The van der Waals surface area contributed by atoms with Crippen LogP contribution in [0.4, 0.5) is 4.79 Å². The molecule has 0 spiro atoms. The average molecular weight is 339 g/mol. The molecule has 0 heterocycles. The molecule has 5 nitrogen and oxygen atoms in total. The Balaban J connectivity index is 2.17. The zero-order chi connectivity index (χ0) is 17.3. The Morgan fingerprint density at radius 2 is 1.96 bits per heavy atom. The fourth-order valence-corrected chi connectivity index (χ4v) is 2.26. The van der Waals surface area contributed by atoms with Crippen LogP contribution in [0.15, 0.2) is 24.3 Å². The fraction of sp³-hybridized carbons (Fsp3) is 0.529. The normalized spacial score (nSPS) is 17.1. The molecule has 0 radical (unpaired) electrons. The van der Waals surface area contributed by atoms with Crippen LogP contribution in [0.1, 0.15) is 52.2 Å². The molecule has 23 heavy (non-hydrogen) atoms. The number of amides is 2. The van der Waals surface area contributed by atoms with Crippen LogP contribution in [0.25, 0.3) is 0 Å². The number of rotatable bonds is 4. The van der Waals surface area contributed by atoms with Crippen LogP contribution < -0.4 is 10.6 Å². The lowest BCUT2D eigenvalue weighted by Gasteiger charge is -2.24. The highest BCUT2D eigenvalue weighted by atomic mass is 35.5. The fourth-order valence-electron chi connectivity index (χ4n) is 2.06. The molecule has 126 valence electrons. The molecule has 1 aliphatic rings. The number of ether oxygens (including phenoxy) is 1. The van der Waals surface area contributed by atoms with Gasteiger partial charge in [0.25, 0.3) is 5.91 Å². The predicted molar refractivity (Wildman–Crippen MR) is 89.3 cm³/mol. The quantitative estimate of drug-likeness (QED) is 0.881. The van der Waals surface area contributed by atoms with Gasteiger partial charge >= 0.3 is 6.09 Å². The lowest BCUT2D eigenvalue weighted by Crippen LogP contribution is -2.44. The third kappa shape index (κ3) is 5.43. The molecule has 1 aromatic carbocycles. The summed E-state index contributed by atoms with van der Waals surface area (Å²) in [5.41, 5.74) is -0.101. The largest absolute Gasteiger partial charge is 0.431 e. The number of carbonyl (C=O) groups excluding carboxylic acids is 2. The SMILES string of the molecule is CC(C)(C)NC(=O)OC(C(=O)NC1(C)CC1)c1cccc(Cl)c1. The number of hydrogen-bond acceptors (Lipinski definition) is 3. The van der Waals surface area contributed by atoms with Crippen LogP contribution in [0.5, 0.6) is 0 Å². The molecule has 0 aliphatic heterocycles. The molecule has 0 aromatic heterocycles. The van der Waals surface area contributed by atoms with E-state index in [9.17, 15) is 9.59 Å². The van der Waals surface area contributed by atoms with Gasteiger partial charge in [0.05, 0.1) is 0 Å². The van der Waals surface area contributed by atoms with Crippen molar-refractivity contribution in [1.82, 2.24) is 10.6 Å². The van der Waals surface area contributed by atoms with Gasteiger partial charge in [-0.05, 0) is 52.7 Å². The zero-order valence-corrected chi connectivity index (χ0v) is 14.7. The van der Waals surface area contributed by atoms with Crippen molar-refractivity contribution in [3.8, 4) is 0 Å². The van der Waals surface area contributed by atoms with Crippen LogP contribution in [0.2, 0.25) is 5.02 Å². The van der Waals surface area contributed by atoms with Gasteiger partial charge in [0.2, 0.25) is 6.10 Å². The Labute approximate surface area is 141 Å². The van der Waals surface area contributed by atoms with Crippen LogP contribution in [-0.4, -0.2) is 23.1 Å². The van der Waals surface area contributed by atoms with E-state index in [1.54, 1.807) is 24.3 Å². The van der Waals surface area contributed by atoms with Gasteiger partial charge in [-0.15, -0.1) is 0 Å². The summed E-state index contributed by atoms with van der Waals surface area (Å²) < 4.78 is 5.38. The topological polar surface area (TPSA) is 67.4 Å². The maximum absolute atomic E-state index is 12.6. The molecule has 1 atom stereocenters. The first-order valence-electron chi connectivity index (χ1n) is 7.64. The number of halogens is 1. The molecule has 1 aliphatic carbocycles. The Morgan fingerprint density at radius 3 is 2.48 bits per heavy atom. The summed E-state index contributed by atoms with van der Waals surface area (Å²) in [5, 5.41) is 6.11. The van der Waals surface area contributed by atoms with E-state index in [1.165, 1.54) is 0 Å². The third-order valence-electron chi connectivity index (χ3n) is 3.52. The number of benzene rings is 1. The summed E-state index contributed by atoms with van der Waals surface area (Å²) in [5.74, 6) is -0.337. The maximum atomic E-state index is 12.6. The molecule has 2 rings (SSSR count). The molecule has 1 aromatic rings. The lowest BCUT2D eigenvalue weighted by atomic mass is 10.1. The van der Waals surface area contributed by atoms with Gasteiger partial charge in [0, 0.05) is 21.7 Å². The van der Waals surface area contributed by atoms with E-state index in [2.05, 4.69) is 10.6 Å². The van der Waals surface area contributed by atoms with Crippen molar-refractivity contribution < 1.29 is 14.3 Å². The monoisotopic (exact) mass is 338 g/mol. The lowest BCUT2D eigenvalue weighted by molar-refractivity contribution is -0.130. The smallest absolute Gasteiger partial charge is 0.408 e. The van der Waals surface area contributed by atoms with Gasteiger partial charge in [-0.25, -0.2) is 4.79 Å². The van der Waals surface area contributed by atoms with Crippen molar-refractivity contribution >= 4 is 23.6 Å². The van der Waals surface area contributed by atoms with Crippen LogP contribution >= 0.6 is 11.6 Å². The number of hydrogen-bond donors (Lipinski definition) is 2. The van der Waals surface area contributed by atoms with E-state index in [-0.39, 0.29) is 11.4 Å². The van der Waals surface area contributed by atoms with E-state index in [1.807, 2.05) is 27.7 Å². The molecular formula is C17H23ClN2O3. The minimum Gasteiger partial charge on any atom is -0.431 e. The standard InChI is InChI=1S/C17H23ClN2O3/c1-16(2,3)20-15(22)23-13(11-6-5-7-12(18)10-11)14(21)19-17(4)8-9-17/h5-7,10,13H,8-9H2,1-4H3,(H,19,21)(H,20,22). The summed E-state index contributed by atoms with van der Waals surface area (Å²) in [6.45, 7) is 7.49. The first-order chi connectivity index (χ1) is 10.6. The highest BCUT2D eigenvalue weighted by Gasteiger charge is 2.41. The van der Waals surface area contributed by atoms with Gasteiger partial charge in [0.1, 0.15) is 0 Å². The molecule has 2 amide bonds. The third-order valence-corrected chi connectivity index (χ3v) is 3.75. The van der Waals surface area contributed by atoms with Crippen molar-refractivity contribution in [1.29, 1.82) is 0 Å². The van der Waals surface area contributed by atoms with Gasteiger partial charge in [-0.2, -0.15) is 0 Å². The second kappa shape index (κ2) is 6.40. The molecule has 0 saturated heterocycles. The molecule has 1 saturated carbocycles. The summed E-state index contributed by atoms with van der Waals surface area (Å²) >= 11 is 5.99. The van der Waals surface area contributed by atoms with Crippen molar-refractivity contribution in [2.45, 2.75) is 57.7 Å². The summed E-state index contributed by atoms with van der Waals surface area (Å²) in [4.78, 5) is 24.6. The van der Waals surface area contributed by atoms with E-state index < -0.39 is 17.7 Å². The van der Waals surface area contributed by atoms with E-state index >= 15 is 0 Å².